The van der Waals surface area contributed by atoms with Crippen LogP contribution >= 0.6 is 24.0 Å². The van der Waals surface area contributed by atoms with E-state index >= 15 is 0 Å². The fourth-order valence-electron chi connectivity index (χ4n) is 1.95. The molecule has 25 heavy (non-hydrogen) atoms. The van der Waals surface area contributed by atoms with Crippen LogP contribution in [0.15, 0.2) is 29.3 Å². The quantitative estimate of drug-likeness (QED) is 0.214. The Labute approximate surface area is 167 Å². The third-order valence-corrected chi connectivity index (χ3v) is 3.00. The molecular weight excluding hydrogens is 435 g/mol. The fraction of sp³-hybridized carbons (Fsp3) is 0.529. The van der Waals surface area contributed by atoms with Gasteiger partial charge in [0.1, 0.15) is 12.4 Å². The summed E-state index contributed by atoms with van der Waals surface area (Å²) in [5.41, 5.74) is 0.722. The number of amides is 1. The molecule has 1 aromatic carbocycles. The monoisotopic (exact) mass is 464 g/mol. The van der Waals surface area contributed by atoms with Gasteiger partial charge in [0.05, 0.1) is 6.54 Å². The Balaban J connectivity index is 0.00000576. The number of hydrogen-bond acceptors (Lipinski definition) is 4. The first-order valence-electron chi connectivity index (χ1n) is 8.18. The summed E-state index contributed by atoms with van der Waals surface area (Å²) in [6, 6.07) is 7.31. The average Bonchev–Trinajstić information content (AvgIpc) is 2.56. The molecule has 0 aromatic heterocycles. The number of benzene rings is 1. The number of rotatable bonds is 10. The first-order chi connectivity index (χ1) is 11.7. The van der Waals surface area contributed by atoms with Crippen LogP contribution in [0.1, 0.15) is 20.3 Å². The van der Waals surface area contributed by atoms with Crippen LogP contribution in [0.5, 0.6) is 5.75 Å². The van der Waals surface area contributed by atoms with E-state index in [9.17, 15) is 4.79 Å². The van der Waals surface area contributed by atoms with Crippen LogP contribution in [0, 0.1) is 0 Å². The van der Waals surface area contributed by atoms with Crippen molar-refractivity contribution in [3.63, 3.8) is 0 Å². The van der Waals surface area contributed by atoms with Crippen LogP contribution in [0.4, 0.5) is 5.69 Å². The van der Waals surface area contributed by atoms with Gasteiger partial charge >= 0.3 is 0 Å². The summed E-state index contributed by atoms with van der Waals surface area (Å²) in [5, 5.41) is 9.12. The molecule has 7 nitrogen and oxygen atoms in total. The van der Waals surface area contributed by atoms with Crippen LogP contribution in [-0.2, 0) is 9.53 Å². The van der Waals surface area contributed by atoms with Crippen molar-refractivity contribution in [3.8, 4) is 5.75 Å². The molecule has 1 rings (SSSR count). The van der Waals surface area contributed by atoms with Crippen molar-refractivity contribution in [2.45, 2.75) is 20.3 Å². The van der Waals surface area contributed by atoms with E-state index in [1.165, 1.54) is 6.92 Å². The van der Waals surface area contributed by atoms with Gasteiger partial charge in [0, 0.05) is 45.5 Å². The highest BCUT2D eigenvalue weighted by Gasteiger charge is 2.00. The topological polar surface area (TPSA) is 84.0 Å². The van der Waals surface area contributed by atoms with Crippen LogP contribution in [0.2, 0.25) is 0 Å². The van der Waals surface area contributed by atoms with E-state index in [1.807, 2.05) is 25.1 Å². The molecule has 0 radical (unpaired) electrons. The second kappa shape index (κ2) is 14.8. The van der Waals surface area contributed by atoms with Crippen molar-refractivity contribution in [1.82, 2.24) is 10.6 Å². The summed E-state index contributed by atoms with van der Waals surface area (Å²) in [5.74, 6) is 1.35. The van der Waals surface area contributed by atoms with Crippen molar-refractivity contribution >= 4 is 41.5 Å². The number of nitrogens with zero attached hydrogens (tertiary/aromatic N) is 1. The molecule has 0 saturated carbocycles. The predicted molar refractivity (Wildman–Crippen MR) is 112 cm³/mol. The Morgan fingerprint density at radius 2 is 1.96 bits per heavy atom. The maximum Gasteiger partial charge on any atom is 0.221 e. The smallest absolute Gasteiger partial charge is 0.221 e. The van der Waals surface area contributed by atoms with Gasteiger partial charge in [-0.15, -0.1) is 24.0 Å². The number of carbonyl (C=O) groups excluding carboxylic acids is 1. The maximum absolute atomic E-state index is 11.0. The highest BCUT2D eigenvalue weighted by Crippen LogP contribution is 2.16. The molecule has 1 aromatic rings. The van der Waals surface area contributed by atoms with Crippen LogP contribution in [-0.4, -0.2) is 51.8 Å². The van der Waals surface area contributed by atoms with Crippen molar-refractivity contribution in [3.05, 3.63) is 24.3 Å². The van der Waals surface area contributed by atoms with Gasteiger partial charge in [-0.25, -0.2) is 0 Å². The molecule has 0 saturated heterocycles. The minimum Gasteiger partial charge on any atom is -0.492 e. The summed E-state index contributed by atoms with van der Waals surface area (Å²) >= 11 is 0. The number of carbonyl (C=O) groups is 1. The second-order valence-electron chi connectivity index (χ2n) is 5.03. The lowest BCUT2D eigenvalue weighted by Gasteiger charge is -2.13. The first-order valence-corrected chi connectivity index (χ1v) is 8.18. The zero-order valence-corrected chi connectivity index (χ0v) is 17.5. The number of halogens is 1. The lowest BCUT2D eigenvalue weighted by atomic mass is 10.3. The van der Waals surface area contributed by atoms with E-state index in [0.29, 0.717) is 18.9 Å². The molecule has 0 bridgehead atoms. The van der Waals surface area contributed by atoms with E-state index in [4.69, 9.17) is 9.47 Å². The molecule has 142 valence electrons. The van der Waals surface area contributed by atoms with E-state index in [-0.39, 0.29) is 29.9 Å². The molecule has 8 heteroatoms. The molecule has 0 unspecified atom stereocenters. The summed E-state index contributed by atoms with van der Waals surface area (Å²) in [6.45, 7) is 6.86. The van der Waals surface area contributed by atoms with Crippen molar-refractivity contribution in [1.29, 1.82) is 0 Å². The van der Waals surface area contributed by atoms with Crippen LogP contribution in [0.3, 0.4) is 0 Å². The summed E-state index contributed by atoms with van der Waals surface area (Å²) in [7, 11) is 1.73. The molecule has 0 aliphatic rings. The SMILES string of the molecule is CCOCCCNC(=NC)NCCOc1cccc(NC(C)=O)c1.I. The number of aliphatic imine (C=N–C) groups is 1. The molecule has 0 aliphatic heterocycles. The summed E-state index contributed by atoms with van der Waals surface area (Å²) in [4.78, 5) is 15.2. The third-order valence-electron chi connectivity index (χ3n) is 3.00. The van der Waals surface area contributed by atoms with E-state index < -0.39 is 0 Å². The van der Waals surface area contributed by atoms with Gasteiger partial charge in [0.2, 0.25) is 5.91 Å². The maximum atomic E-state index is 11.0. The number of guanidine groups is 1. The molecule has 0 spiro atoms. The number of hydrogen-bond donors (Lipinski definition) is 3. The molecule has 3 N–H and O–H groups in total. The van der Waals surface area contributed by atoms with E-state index in [0.717, 1.165) is 37.8 Å². The predicted octanol–water partition coefficient (Wildman–Crippen LogP) is 2.23. The Hall–Kier alpha value is -1.55. The van der Waals surface area contributed by atoms with Gasteiger partial charge in [0.25, 0.3) is 0 Å². The summed E-state index contributed by atoms with van der Waals surface area (Å²) < 4.78 is 10.9. The normalized spacial score (nSPS) is 10.6. The van der Waals surface area contributed by atoms with Gasteiger partial charge in [-0.1, -0.05) is 6.07 Å². The minimum absolute atomic E-state index is 0. The Morgan fingerprint density at radius 3 is 2.64 bits per heavy atom. The van der Waals surface area contributed by atoms with Gasteiger partial charge in [-0.05, 0) is 25.5 Å². The Kier molecular flexibility index (Phi) is 13.8. The molecular formula is C17H29IN4O3. The molecule has 0 aliphatic carbocycles. The number of nitrogens with one attached hydrogen (secondary N) is 3. The average molecular weight is 464 g/mol. The van der Waals surface area contributed by atoms with E-state index in [1.54, 1.807) is 13.1 Å². The van der Waals surface area contributed by atoms with Crippen molar-refractivity contribution < 1.29 is 14.3 Å². The van der Waals surface area contributed by atoms with Crippen molar-refractivity contribution in [2.24, 2.45) is 4.99 Å². The molecule has 1 amide bonds. The lowest BCUT2D eigenvalue weighted by Crippen LogP contribution is -2.39. The molecule has 0 fully saturated rings. The zero-order chi connectivity index (χ0) is 17.6. The van der Waals surface area contributed by atoms with Gasteiger partial charge in [-0.2, -0.15) is 0 Å². The van der Waals surface area contributed by atoms with Crippen LogP contribution in [0.25, 0.3) is 0 Å². The van der Waals surface area contributed by atoms with E-state index in [2.05, 4.69) is 20.9 Å². The highest BCUT2D eigenvalue weighted by atomic mass is 127. The first kappa shape index (κ1) is 23.4. The Bertz CT molecular complexity index is 526. The highest BCUT2D eigenvalue weighted by molar-refractivity contribution is 14.0. The van der Waals surface area contributed by atoms with Crippen molar-refractivity contribution in [2.75, 3.05) is 45.3 Å². The lowest BCUT2D eigenvalue weighted by molar-refractivity contribution is -0.114. The van der Waals surface area contributed by atoms with Gasteiger partial charge in [-0.3, -0.25) is 9.79 Å². The molecule has 0 atom stereocenters. The zero-order valence-electron chi connectivity index (χ0n) is 15.1. The van der Waals surface area contributed by atoms with Crippen LogP contribution < -0.4 is 20.7 Å². The summed E-state index contributed by atoms with van der Waals surface area (Å²) in [6.07, 6.45) is 0.932. The number of ether oxygens (including phenoxy) is 2. The van der Waals surface area contributed by atoms with Gasteiger partial charge < -0.3 is 25.4 Å². The fourth-order valence-corrected chi connectivity index (χ4v) is 1.95. The third kappa shape index (κ3) is 11.6. The minimum atomic E-state index is -0.104. The standard InChI is InChI=1S/C17H28N4O3.HI/c1-4-23-11-6-9-19-17(18-3)20-10-12-24-16-8-5-7-15(13-16)21-14(2)22;/h5,7-8,13H,4,6,9-12H2,1-3H3,(H,21,22)(H2,18,19,20);1H. The molecule has 0 heterocycles. The number of anilines is 1. The van der Waals surface area contributed by atoms with Gasteiger partial charge in [0.15, 0.2) is 5.96 Å². The Morgan fingerprint density at radius 1 is 1.20 bits per heavy atom. The second-order valence-corrected chi connectivity index (χ2v) is 5.03. The largest absolute Gasteiger partial charge is 0.492 e.